The predicted octanol–water partition coefficient (Wildman–Crippen LogP) is 2.04. The fourth-order valence-corrected chi connectivity index (χ4v) is 2.24. The number of nitrogens with one attached hydrogen (secondary N) is 1. The monoisotopic (exact) mass is 278 g/mol. The normalized spacial score (nSPS) is 19.4. The topological polar surface area (TPSA) is 35.5 Å². The lowest BCUT2D eigenvalue weighted by atomic mass is 10.0. The molecule has 1 atom stereocenters. The number of hydrogen-bond donors (Lipinski definition) is 2. The van der Waals surface area contributed by atoms with Crippen LogP contribution in [0.25, 0.3) is 0 Å². The first kappa shape index (κ1) is 14.1. The molecule has 1 aromatic carbocycles. The first-order valence-corrected chi connectivity index (χ1v) is 5.89. The van der Waals surface area contributed by atoms with E-state index in [1.165, 1.54) is 4.90 Å². The summed E-state index contributed by atoms with van der Waals surface area (Å²) in [7, 11) is 0. The largest absolute Gasteiger partial charge is 0.505 e. The van der Waals surface area contributed by atoms with E-state index in [2.05, 4.69) is 5.32 Å². The van der Waals surface area contributed by atoms with Crippen LogP contribution in [0.5, 0.6) is 5.75 Å². The van der Waals surface area contributed by atoms with Crippen LogP contribution in [0.2, 0.25) is 0 Å². The summed E-state index contributed by atoms with van der Waals surface area (Å²) in [6.07, 6.45) is -4.49. The number of nitrogens with zero attached hydrogens (tertiary/aromatic N) is 1. The Kier molecular flexibility index (Phi) is 3.96. The van der Waals surface area contributed by atoms with Gasteiger partial charge in [0.2, 0.25) is 0 Å². The standard InChI is InChI=1S/C12H14F4N2O/c13-9-7-8(1-2-10(9)19)11(12(14,15)16)18-5-3-17-4-6-18/h1-2,7,11,17,19H,3-6H2/t11-/m1/s1. The molecule has 0 aliphatic carbocycles. The molecule has 0 bridgehead atoms. The molecule has 1 aliphatic rings. The van der Waals surface area contributed by atoms with Crippen molar-refractivity contribution in [3.05, 3.63) is 29.6 Å². The van der Waals surface area contributed by atoms with E-state index < -0.39 is 23.8 Å². The Hall–Kier alpha value is -1.34. The number of halogens is 4. The number of piperazine rings is 1. The van der Waals surface area contributed by atoms with Crippen LogP contribution in [0.3, 0.4) is 0 Å². The van der Waals surface area contributed by atoms with Crippen molar-refractivity contribution >= 4 is 0 Å². The van der Waals surface area contributed by atoms with Crippen molar-refractivity contribution in [2.75, 3.05) is 26.2 Å². The molecule has 2 rings (SSSR count). The fourth-order valence-electron chi connectivity index (χ4n) is 2.24. The molecule has 0 amide bonds. The molecule has 1 saturated heterocycles. The minimum atomic E-state index is -4.49. The highest BCUT2D eigenvalue weighted by atomic mass is 19.4. The number of alkyl halides is 3. The Morgan fingerprint density at radius 1 is 1.21 bits per heavy atom. The van der Waals surface area contributed by atoms with Crippen LogP contribution in [0, 0.1) is 5.82 Å². The van der Waals surface area contributed by atoms with Crippen molar-refractivity contribution in [1.82, 2.24) is 10.2 Å². The number of phenols is 1. The molecule has 1 aromatic rings. The van der Waals surface area contributed by atoms with Crippen LogP contribution in [-0.2, 0) is 0 Å². The highest BCUT2D eigenvalue weighted by molar-refractivity contribution is 5.30. The fraction of sp³-hybridized carbons (Fsp3) is 0.500. The summed E-state index contributed by atoms with van der Waals surface area (Å²) in [6, 6.07) is 0.962. The summed E-state index contributed by atoms with van der Waals surface area (Å²) in [6.45, 7) is 1.42. The summed E-state index contributed by atoms with van der Waals surface area (Å²) < 4.78 is 52.8. The van der Waals surface area contributed by atoms with Gasteiger partial charge in [0.05, 0.1) is 0 Å². The second-order valence-corrected chi connectivity index (χ2v) is 4.44. The van der Waals surface area contributed by atoms with Crippen LogP contribution in [0.4, 0.5) is 17.6 Å². The second-order valence-electron chi connectivity index (χ2n) is 4.44. The molecule has 1 heterocycles. The van der Waals surface area contributed by atoms with Crippen LogP contribution < -0.4 is 5.32 Å². The summed E-state index contributed by atoms with van der Waals surface area (Å²) in [5.41, 5.74) is -0.190. The minimum absolute atomic E-state index is 0.190. The summed E-state index contributed by atoms with van der Waals surface area (Å²) >= 11 is 0. The van der Waals surface area contributed by atoms with E-state index in [1.807, 2.05) is 0 Å². The molecule has 0 unspecified atom stereocenters. The summed E-state index contributed by atoms with van der Waals surface area (Å²) in [4.78, 5) is 1.27. The van der Waals surface area contributed by atoms with Gasteiger partial charge in [-0.1, -0.05) is 6.07 Å². The van der Waals surface area contributed by atoms with E-state index in [0.29, 0.717) is 13.1 Å². The number of benzene rings is 1. The van der Waals surface area contributed by atoms with E-state index in [9.17, 15) is 17.6 Å². The first-order valence-electron chi connectivity index (χ1n) is 5.89. The zero-order valence-electron chi connectivity index (χ0n) is 10.0. The van der Waals surface area contributed by atoms with Crippen molar-refractivity contribution in [3.63, 3.8) is 0 Å². The van der Waals surface area contributed by atoms with Crippen LogP contribution in [-0.4, -0.2) is 42.4 Å². The maximum atomic E-state index is 13.2. The molecule has 1 aliphatic heterocycles. The molecule has 2 N–H and O–H groups in total. The van der Waals surface area contributed by atoms with Gasteiger partial charge in [-0.25, -0.2) is 4.39 Å². The van der Waals surface area contributed by atoms with E-state index in [0.717, 1.165) is 18.2 Å². The van der Waals surface area contributed by atoms with Crippen LogP contribution >= 0.6 is 0 Å². The van der Waals surface area contributed by atoms with Crippen molar-refractivity contribution in [2.24, 2.45) is 0 Å². The minimum Gasteiger partial charge on any atom is -0.505 e. The lowest BCUT2D eigenvalue weighted by Gasteiger charge is -2.36. The maximum Gasteiger partial charge on any atom is 0.408 e. The zero-order valence-corrected chi connectivity index (χ0v) is 10.0. The quantitative estimate of drug-likeness (QED) is 0.813. The van der Waals surface area contributed by atoms with Gasteiger partial charge in [0, 0.05) is 26.2 Å². The molecule has 106 valence electrons. The molecule has 0 aromatic heterocycles. The lowest BCUT2D eigenvalue weighted by molar-refractivity contribution is -0.187. The molecule has 3 nitrogen and oxygen atoms in total. The van der Waals surface area contributed by atoms with Crippen LogP contribution in [0.1, 0.15) is 11.6 Å². The van der Waals surface area contributed by atoms with E-state index >= 15 is 0 Å². The van der Waals surface area contributed by atoms with Crippen LogP contribution in [0.15, 0.2) is 18.2 Å². The summed E-state index contributed by atoms with van der Waals surface area (Å²) in [5, 5.41) is 12.0. The molecule has 1 fully saturated rings. The van der Waals surface area contributed by atoms with E-state index in [4.69, 9.17) is 5.11 Å². The lowest BCUT2D eigenvalue weighted by Crippen LogP contribution is -2.49. The van der Waals surface area contributed by atoms with Gasteiger partial charge in [0.1, 0.15) is 6.04 Å². The highest BCUT2D eigenvalue weighted by Gasteiger charge is 2.45. The van der Waals surface area contributed by atoms with Gasteiger partial charge in [-0.3, -0.25) is 4.90 Å². The van der Waals surface area contributed by atoms with Crippen molar-refractivity contribution in [3.8, 4) is 5.75 Å². The Labute approximate surface area is 107 Å². The third kappa shape index (κ3) is 3.16. The average Bonchev–Trinajstić information content (AvgIpc) is 2.34. The van der Waals surface area contributed by atoms with Crippen molar-refractivity contribution in [1.29, 1.82) is 0 Å². The Morgan fingerprint density at radius 3 is 2.37 bits per heavy atom. The smallest absolute Gasteiger partial charge is 0.408 e. The Balaban J connectivity index is 2.33. The Morgan fingerprint density at radius 2 is 1.84 bits per heavy atom. The number of aromatic hydroxyl groups is 1. The first-order chi connectivity index (χ1) is 8.89. The summed E-state index contributed by atoms with van der Waals surface area (Å²) in [5.74, 6) is -1.69. The highest BCUT2D eigenvalue weighted by Crippen LogP contribution is 2.38. The number of rotatable bonds is 2. The van der Waals surface area contributed by atoms with Crippen molar-refractivity contribution < 1.29 is 22.7 Å². The van der Waals surface area contributed by atoms with Gasteiger partial charge in [-0.2, -0.15) is 13.2 Å². The average molecular weight is 278 g/mol. The third-order valence-electron chi connectivity index (χ3n) is 3.11. The molecule has 19 heavy (non-hydrogen) atoms. The van der Waals surface area contributed by atoms with Gasteiger partial charge in [-0.05, 0) is 17.7 Å². The molecular formula is C12H14F4N2O. The molecular weight excluding hydrogens is 264 g/mol. The maximum absolute atomic E-state index is 13.2. The van der Waals surface area contributed by atoms with Gasteiger partial charge in [-0.15, -0.1) is 0 Å². The molecule has 0 spiro atoms. The molecule has 0 radical (unpaired) electrons. The van der Waals surface area contributed by atoms with Gasteiger partial charge < -0.3 is 10.4 Å². The van der Waals surface area contributed by atoms with E-state index in [-0.39, 0.29) is 18.7 Å². The van der Waals surface area contributed by atoms with Gasteiger partial charge >= 0.3 is 6.18 Å². The Bertz CT molecular complexity index is 444. The van der Waals surface area contributed by atoms with Gasteiger partial charge in [0.25, 0.3) is 0 Å². The molecule has 7 heteroatoms. The third-order valence-corrected chi connectivity index (χ3v) is 3.11. The predicted molar refractivity (Wildman–Crippen MR) is 61.3 cm³/mol. The molecule has 0 saturated carbocycles. The SMILES string of the molecule is Oc1ccc([C@@H](N2CCNCC2)C(F)(F)F)cc1F. The van der Waals surface area contributed by atoms with E-state index in [1.54, 1.807) is 0 Å². The second kappa shape index (κ2) is 5.34. The van der Waals surface area contributed by atoms with Crippen molar-refractivity contribution in [2.45, 2.75) is 12.2 Å². The zero-order chi connectivity index (χ0) is 14.0. The van der Waals surface area contributed by atoms with Gasteiger partial charge in [0.15, 0.2) is 11.6 Å². The number of phenolic OH excluding ortho intramolecular Hbond substituents is 1. The number of hydrogen-bond acceptors (Lipinski definition) is 3.